The van der Waals surface area contributed by atoms with Crippen LogP contribution in [0.15, 0.2) is 48.8 Å². The number of Topliss-reactive ketones (excluding diaryl/α,β-unsaturated/α-hetero) is 1. The molecule has 1 aromatic carbocycles. The van der Waals surface area contributed by atoms with Crippen LogP contribution in [0.5, 0.6) is 11.6 Å². The summed E-state index contributed by atoms with van der Waals surface area (Å²) in [6.45, 7) is 8.21. The molecule has 1 unspecified atom stereocenters. The van der Waals surface area contributed by atoms with Crippen molar-refractivity contribution >= 4 is 29.1 Å². The maximum atomic E-state index is 13.2. The fraction of sp³-hybridized carbons (Fsp3) is 0.308. The van der Waals surface area contributed by atoms with Gasteiger partial charge < -0.3 is 15.0 Å². The molecule has 0 spiro atoms. The zero-order valence-electron chi connectivity index (χ0n) is 19.6. The molecule has 0 fully saturated rings. The second-order valence-electron chi connectivity index (χ2n) is 8.72. The average Bonchev–Trinajstić information content (AvgIpc) is 3.16. The van der Waals surface area contributed by atoms with Gasteiger partial charge in [0.25, 0.3) is 5.91 Å². The van der Waals surface area contributed by atoms with Gasteiger partial charge in [0.15, 0.2) is 5.78 Å². The molecule has 3 heterocycles. The second-order valence-corrected chi connectivity index (χ2v) is 9.15. The van der Waals surface area contributed by atoms with E-state index in [4.69, 9.17) is 16.3 Å². The maximum Gasteiger partial charge on any atom is 0.255 e. The van der Waals surface area contributed by atoms with Crippen LogP contribution < -0.4 is 10.1 Å². The zero-order valence-corrected chi connectivity index (χ0v) is 20.4. The summed E-state index contributed by atoms with van der Waals surface area (Å²) in [6.07, 6.45) is 3.33. The number of nitrogens with one attached hydrogen (secondary N) is 1. The van der Waals surface area contributed by atoms with Crippen LogP contribution in [0, 0.1) is 12.8 Å². The van der Waals surface area contributed by atoms with Gasteiger partial charge in [0, 0.05) is 40.0 Å². The summed E-state index contributed by atoms with van der Waals surface area (Å²) < 4.78 is 5.88. The fourth-order valence-corrected chi connectivity index (χ4v) is 3.93. The number of aryl methyl sites for hydroxylation is 1. The Morgan fingerprint density at radius 3 is 2.59 bits per heavy atom. The Labute approximate surface area is 204 Å². The van der Waals surface area contributed by atoms with Crippen molar-refractivity contribution in [1.29, 1.82) is 0 Å². The summed E-state index contributed by atoms with van der Waals surface area (Å²) >= 11 is 5.94. The Kier molecular flexibility index (Phi) is 6.84. The van der Waals surface area contributed by atoms with E-state index in [1.165, 1.54) is 0 Å². The average molecular weight is 479 g/mol. The van der Waals surface area contributed by atoms with Crippen molar-refractivity contribution in [3.05, 3.63) is 76.1 Å². The van der Waals surface area contributed by atoms with Crippen LogP contribution in [-0.4, -0.2) is 33.1 Å². The monoisotopic (exact) mass is 478 g/mol. The summed E-state index contributed by atoms with van der Waals surface area (Å²) in [5.74, 6) is 1.69. The molecule has 0 aliphatic carbocycles. The highest BCUT2D eigenvalue weighted by atomic mass is 35.5. The molecule has 2 aromatic heterocycles. The molecule has 1 aliphatic rings. The van der Waals surface area contributed by atoms with Crippen molar-refractivity contribution in [2.75, 3.05) is 11.9 Å². The number of anilines is 1. The third-order valence-corrected chi connectivity index (χ3v) is 6.23. The van der Waals surface area contributed by atoms with E-state index >= 15 is 0 Å². The Bertz CT molecular complexity index is 1230. The molecular formula is C26H27ClN4O3. The van der Waals surface area contributed by atoms with E-state index in [1.807, 2.05) is 33.8 Å². The number of hydrogen-bond acceptors (Lipinski definition) is 6. The first-order chi connectivity index (χ1) is 16.2. The SMILES string of the molecule is Cc1cc(C(C)N2Cc3c(ccnc3NCC(=O)C(C)C)C2=O)cnc1Oc1ccc(Cl)cc1. The Hall–Kier alpha value is -3.45. The Morgan fingerprint density at radius 2 is 1.91 bits per heavy atom. The Morgan fingerprint density at radius 1 is 1.18 bits per heavy atom. The van der Waals surface area contributed by atoms with Gasteiger partial charge in [0.05, 0.1) is 19.1 Å². The van der Waals surface area contributed by atoms with E-state index in [1.54, 1.807) is 47.6 Å². The number of amides is 1. The van der Waals surface area contributed by atoms with Crippen molar-refractivity contribution in [1.82, 2.24) is 14.9 Å². The predicted molar refractivity (Wildman–Crippen MR) is 131 cm³/mol. The third kappa shape index (κ3) is 4.89. The van der Waals surface area contributed by atoms with Gasteiger partial charge in [-0.2, -0.15) is 0 Å². The topological polar surface area (TPSA) is 84.4 Å². The highest BCUT2D eigenvalue weighted by molar-refractivity contribution is 6.30. The van der Waals surface area contributed by atoms with Crippen LogP contribution in [-0.2, 0) is 11.3 Å². The van der Waals surface area contributed by atoms with Crippen LogP contribution in [0.3, 0.4) is 0 Å². The molecule has 0 saturated heterocycles. The number of nitrogens with zero attached hydrogens (tertiary/aromatic N) is 3. The highest BCUT2D eigenvalue weighted by Crippen LogP contribution is 2.35. The summed E-state index contributed by atoms with van der Waals surface area (Å²) in [6, 6.07) is 10.6. The molecule has 7 nitrogen and oxygen atoms in total. The molecule has 4 rings (SSSR count). The smallest absolute Gasteiger partial charge is 0.255 e. The first-order valence-electron chi connectivity index (χ1n) is 11.2. The molecule has 1 N–H and O–H groups in total. The number of carbonyl (C=O) groups excluding carboxylic acids is 2. The number of pyridine rings is 2. The van der Waals surface area contributed by atoms with E-state index in [-0.39, 0.29) is 30.2 Å². The lowest BCUT2D eigenvalue weighted by Crippen LogP contribution is -2.27. The number of hydrogen-bond donors (Lipinski definition) is 1. The lowest BCUT2D eigenvalue weighted by atomic mass is 10.1. The summed E-state index contributed by atoms with van der Waals surface area (Å²) in [4.78, 5) is 35.9. The van der Waals surface area contributed by atoms with Gasteiger partial charge in [-0.15, -0.1) is 0 Å². The van der Waals surface area contributed by atoms with Gasteiger partial charge in [0.1, 0.15) is 11.6 Å². The van der Waals surface area contributed by atoms with Crippen LogP contribution in [0.25, 0.3) is 0 Å². The fourth-order valence-electron chi connectivity index (χ4n) is 3.80. The van der Waals surface area contributed by atoms with Crippen LogP contribution in [0.4, 0.5) is 5.82 Å². The molecule has 1 atom stereocenters. The maximum absolute atomic E-state index is 13.2. The van der Waals surface area contributed by atoms with Gasteiger partial charge in [0.2, 0.25) is 5.88 Å². The summed E-state index contributed by atoms with van der Waals surface area (Å²) in [5, 5.41) is 3.75. The minimum Gasteiger partial charge on any atom is -0.439 e. The van der Waals surface area contributed by atoms with Gasteiger partial charge >= 0.3 is 0 Å². The van der Waals surface area contributed by atoms with E-state index < -0.39 is 0 Å². The number of aromatic nitrogens is 2. The van der Waals surface area contributed by atoms with E-state index in [0.29, 0.717) is 34.6 Å². The van der Waals surface area contributed by atoms with Gasteiger partial charge in [-0.25, -0.2) is 9.97 Å². The van der Waals surface area contributed by atoms with E-state index in [0.717, 1.165) is 16.7 Å². The second kappa shape index (κ2) is 9.81. The van der Waals surface area contributed by atoms with Crippen molar-refractivity contribution < 1.29 is 14.3 Å². The van der Waals surface area contributed by atoms with E-state index in [9.17, 15) is 9.59 Å². The molecule has 1 amide bonds. The number of rotatable bonds is 8. The van der Waals surface area contributed by atoms with Crippen molar-refractivity contribution in [2.45, 2.75) is 40.3 Å². The molecule has 3 aromatic rings. The molecule has 176 valence electrons. The lowest BCUT2D eigenvalue weighted by Gasteiger charge is -2.25. The molecule has 0 saturated carbocycles. The highest BCUT2D eigenvalue weighted by Gasteiger charge is 2.34. The van der Waals surface area contributed by atoms with Crippen molar-refractivity contribution in [3.63, 3.8) is 0 Å². The molecular weight excluding hydrogens is 452 g/mol. The molecule has 0 bridgehead atoms. The molecule has 34 heavy (non-hydrogen) atoms. The van der Waals surface area contributed by atoms with Gasteiger partial charge in [-0.1, -0.05) is 25.4 Å². The third-order valence-electron chi connectivity index (χ3n) is 5.98. The predicted octanol–water partition coefficient (Wildman–Crippen LogP) is 5.58. The van der Waals surface area contributed by atoms with Gasteiger partial charge in [-0.3, -0.25) is 9.59 Å². The molecule has 0 radical (unpaired) electrons. The van der Waals surface area contributed by atoms with Crippen LogP contribution in [0.1, 0.15) is 53.9 Å². The van der Waals surface area contributed by atoms with E-state index in [2.05, 4.69) is 15.3 Å². The Balaban J connectivity index is 1.50. The lowest BCUT2D eigenvalue weighted by molar-refractivity contribution is -0.120. The minimum atomic E-state index is -0.208. The number of ether oxygens (including phenoxy) is 1. The quantitative estimate of drug-likeness (QED) is 0.454. The molecule has 8 heteroatoms. The number of halogens is 1. The number of carbonyl (C=O) groups is 2. The normalized spacial score (nSPS) is 13.7. The van der Waals surface area contributed by atoms with Crippen molar-refractivity contribution in [3.8, 4) is 11.6 Å². The largest absolute Gasteiger partial charge is 0.439 e. The van der Waals surface area contributed by atoms with Gasteiger partial charge in [-0.05, 0) is 55.8 Å². The first kappa shape index (κ1) is 23.7. The minimum absolute atomic E-state index is 0.0650. The number of benzene rings is 1. The van der Waals surface area contributed by atoms with Crippen molar-refractivity contribution in [2.24, 2.45) is 5.92 Å². The number of ketones is 1. The summed E-state index contributed by atoms with van der Waals surface area (Å²) in [7, 11) is 0. The standard InChI is InChI=1S/C26H27ClN4O3/c1-15(2)23(32)13-29-24-22-14-31(26(33)21(22)9-10-28-24)17(4)18-11-16(3)25(30-12-18)34-20-7-5-19(27)6-8-20/h5-12,15,17H,13-14H2,1-4H3,(H,28,29). The zero-order chi connectivity index (χ0) is 24.4. The summed E-state index contributed by atoms with van der Waals surface area (Å²) in [5.41, 5.74) is 3.18. The van der Waals surface area contributed by atoms with Crippen LogP contribution >= 0.6 is 11.6 Å². The van der Waals surface area contributed by atoms with Crippen LogP contribution in [0.2, 0.25) is 5.02 Å². The first-order valence-corrected chi connectivity index (χ1v) is 11.6. The number of fused-ring (bicyclic) bond motifs is 1. The molecule has 1 aliphatic heterocycles.